The first kappa shape index (κ1) is 14.1. The molecule has 1 unspecified atom stereocenters. The minimum absolute atomic E-state index is 0.128. The van der Waals surface area contributed by atoms with E-state index in [9.17, 15) is 0 Å². The summed E-state index contributed by atoms with van der Waals surface area (Å²) < 4.78 is 5.57. The third-order valence-corrected chi connectivity index (χ3v) is 3.38. The largest absolute Gasteiger partial charge is 0.475 e. The summed E-state index contributed by atoms with van der Waals surface area (Å²) in [6.07, 6.45) is 4.15. The molecule has 0 aliphatic carbocycles. The van der Waals surface area contributed by atoms with Crippen LogP contribution in [0.2, 0.25) is 0 Å². The number of ether oxygens (including phenoxy) is 1. The fourth-order valence-corrected chi connectivity index (χ4v) is 2.32. The molecule has 1 aromatic rings. The van der Waals surface area contributed by atoms with Crippen molar-refractivity contribution < 1.29 is 4.74 Å². The number of nitrogens with one attached hydrogen (secondary N) is 2. The molecule has 1 fully saturated rings. The van der Waals surface area contributed by atoms with Crippen molar-refractivity contribution in [2.75, 3.05) is 25.0 Å². The van der Waals surface area contributed by atoms with Gasteiger partial charge in [0.05, 0.1) is 6.10 Å². The number of anilines is 1. The topological polar surface area (TPSA) is 59.1 Å². The molecule has 2 heterocycles. The summed E-state index contributed by atoms with van der Waals surface area (Å²) in [5.41, 5.74) is 0.294. The normalized spacial score (nSPS) is 23.4. The van der Waals surface area contributed by atoms with Gasteiger partial charge in [-0.2, -0.15) is 0 Å². The molecule has 2 rings (SSSR count). The van der Waals surface area contributed by atoms with Crippen molar-refractivity contribution in [2.45, 2.75) is 39.7 Å². The molecule has 0 radical (unpaired) electrons. The molecule has 0 amide bonds. The SMILES string of the molecule is CC(C)Oc1cc(NCC2(C)CCCNC2)ncn1. The molecule has 1 aliphatic heterocycles. The number of piperidine rings is 1. The molecular weight excluding hydrogens is 240 g/mol. The monoisotopic (exact) mass is 264 g/mol. The van der Waals surface area contributed by atoms with Crippen LogP contribution in [0.4, 0.5) is 5.82 Å². The minimum Gasteiger partial charge on any atom is -0.475 e. The minimum atomic E-state index is 0.128. The zero-order valence-corrected chi connectivity index (χ0v) is 12.1. The molecule has 0 saturated carbocycles. The molecule has 5 nitrogen and oxygen atoms in total. The van der Waals surface area contributed by atoms with Crippen LogP contribution in [0, 0.1) is 5.41 Å². The fraction of sp³-hybridized carbons (Fsp3) is 0.714. The maximum atomic E-state index is 5.57. The van der Waals surface area contributed by atoms with Gasteiger partial charge in [0.25, 0.3) is 0 Å². The van der Waals surface area contributed by atoms with E-state index in [-0.39, 0.29) is 6.10 Å². The van der Waals surface area contributed by atoms with Gasteiger partial charge >= 0.3 is 0 Å². The second kappa shape index (κ2) is 6.19. The maximum absolute atomic E-state index is 5.57. The van der Waals surface area contributed by atoms with Crippen molar-refractivity contribution in [3.63, 3.8) is 0 Å². The lowest BCUT2D eigenvalue weighted by Crippen LogP contribution is -2.42. The average molecular weight is 264 g/mol. The summed E-state index contributed by atoms with van der Waals surface area (Å²) >= 11 is 0. The molecular formula is C14H24N4O. The quantitative estimate of drug-likeness (QED) is 0.852. The second-order valence-electron chi connectivity index (χ2n) is 5.85. The van der Waals surface area contributed by atoms with Crippen LogP contribution in [0.15, 0.2) is 12.4 Å². The maximum Gasteiger partial charge on any atom is 0.218 e. The van der Waals surface area contributed by atoms with Crippen molar-refractivity contribution in [3.8, 4) is 5.88 Å². The zero-order chi connectivity index (χ0) is 13.7. The Morgan fingerprint density at radius 1 is 1.47 bits per heavy atom. The summed E-state index contributed by atoms with van der Waals surface area (Å²) in [4.78, 5) is 8.35. The van der Waals surface area contributed by atoms with Crippen LogP contribution in [-0.4, -0.2) is 35.7 Å². The molecule has 2 N–H and O–H groups in total. The van der Waals surface area contributed by atoms with Crippen LogP contribution >= 0.6 is 0 Å². The van der Waals surface area contributed by atoms with Gasteiger partial charge in [-0.3, -0.25) is 0 Å². The van der Waals surface area contributed by atoms with Crippen molar-refractivity contribution in [3.05, 3.63) is 12.4 Å². The molecule has 1 atom stereocenters. The van der Waals surface area contributed by atoms with Crippen LogP contribution in [0.3, 0.4) is 0 Å². The Balaban J connectivity index is 1.91. The number of aromatic nitrogens is 2. The van der Waals surface area contributed by atoms with Gasteiger partial charge in [-0.15, -0.1) is 0 Å². The van der Waals surface area contributed by atoms with E-state index in [1.54, 1.807) is 6.33 Å². The lowest BCUT2D eigenvalue weighted by Gasteiger charge is -2.34. The van der Waals surface area contributed by atoms with Crippen LogP contribution in [0.1, 0.15) is 33.6 Å². The van der Waals surface area contributed by atoms with Gasteiger partial charge in [0.2, 0.25) is 5.88 Å². The van der Waals surface area contributed by atoms with E-state index in [4.69, 9.17) is 4.74 Å². The predicted molar refractivity (Wildman–Crippen MR) is 76.5 cm³/mol. The van der Waals surface area contributed by atoms with Gasteiger partial charge < -0.3 is 15.4 Å². The van der Waals surface area contributed by atoms with E-state index in [0.29, 0.717) is 11.3 Å². The van der Waals surface area contributed by atoms with Gasteiger partial charge in [-0.1, -0.05) is 6.92 Å². The van der Waals surface area contributed by atoms with E-state index >= 15 is 0 Å². The highest BCUT2D eigenvalue weighted by Crippen LogP contribution is 2.25. The zero-order valence-electron chi connectivity index (χ0n) is 12.1. The third kappa shape index (κ3) is 4.35. The smallest absolute Gasteiger partial charge is 0.218 e. The van der Waals surface area contributed by atoms with Gasteiger partial charge in [-0.05, 0) is 38.6 Å². The first-order chi connectivity index (χ1) is 9.07. The highest BCUT2D eigenvalue weighted by atomic mass is 16.5. The van der Waals surface area contributed by atoms with Gasteiger partial charge in [0.1, 0.15) is 12.1 Å². The van der Waals surface area contributed by atoms with E-state index in [1.807, 2.05) is 19.9 Å². The third-order valence-electron chi connectivity index (χ3n) is 3.38. The number of hydrogen-bond acceptors (Lipinski definition) is 5. The van der Waals surface area contributed by atoms with Crippen molar-refractivity contribution in [2.24, 2.45) is 5.41 Å². The predicted octanol–water partition coefficient (Wildman–Crippen LogP) is 2.07. The number of hydrogen-bond donors (Lipinski definition) is 2. The summed E-state index contributed by atoms with van der Waals surface area (Å²) in [5.74, 6) is 1.46. The molecule has 1 aromatic heterocycles. The molecule has 1 saturated heterocycles. The van der Waals surface area contributed by atoms with Crippen LogP contribution in [0.25, 0.3) is 0 Å². The van der Waals surface area contributed by atoms with Crippen molar-refractivity contribution >= 4 is 5.82 Å². The van der Waals surface area contributed by atoms with E-state index in [1.165, 1.54) is 12.8 Å². The molecule has 0 bridgehead atoms. The lowest BCUT2D eigenvalue weighted by atomic mass is 9.83. The molecule has 0 aromatic carbocycles. The Labute approximate surface area is 115 Å². The van der Waals surface area contributed by atoms with Crippen molar-refractivity contribution in [1.82, 2.24) is 15.3 Å². The summed E-state index contributed by atoms with van der Waals surface area (Å²) in [5, 5.41) is 6.85. The Bertz CT molecular complexity index is 402. The van der Waals surface area contributed by atoms with Crippen LogP contribution < -0.4 is 15.4 Å². The Kier molecular flexibility index (Phi) is 4.58. The van der Waals surface area contributed by atoms with E-state index in [2.05, 4.69) is 27.5 Å². The summed E-state index contributed by atoms with van der Waals surface area (Å²) in [6, 6.07) is 1.86. The second-order valence-corrected chi connectivity index (χ2v) is 5.85. The Morgan fingerprint density at radius 3 is 3.00 bits per heavy atom. The lowest BCUT2D eigenvalue weighted by molar-refractivity contribution is 0.232. The molecule has 106 valence electrons. The average Bonchev–Trinajstić information content (AvgIpc) is 2.37. The highest BCUT2D eigenvalue weighted by molar-refractivity contribution is 5.37. The van der Waals surface area contributed by atoms with Crippen LogP contribution in [-0.2, 0) is 0 Å². The van der Waals surface area contributed by atoms with E-state index in [0.717, 1.165) is 25.5 Å². The van der Waals surface area contributed by atoms with Gasteiger partial charge in [-0.25, -0.2) is 9.97 Å². The highest BCUT2D eigenvalue weighted by Gasteiger charge is 2.26. The van der Waals surface area contributed by atoms with E-state index < -0.39 is 0 Å². The first-order valence-electron chi connectivity index (χ1n) is 7.01. The summed E-state index contributed by atoms with van der Waals surface area (Å²) in [7, 11) is 0. The van der Waals surface area contributed by atoms with Gasteiger partial charge in [0.15, 0.2) is 0 Å². The Hall–Kier alpha value is -1.36. The van der Waals surface area contributed by atoms with Crippen molar-refractivity contribution in [1.29, 1.82) is 0 Å². The fourth-order valence-electron chi connectivity index (χ4n) is 2.32. The van der Waals surface area contributed by atoms with Gasteiger partial charge in [0, 0.05) is 19.2 Å². The molecule has 5 heteroatoms. The standard InChI is InChI=1S/C14H24N4O/c1-11(2)19-13-7-12(17-10-18-13)16-9-14(3)5-4-6-15-8-14/h7,10-11,15H,4-6,8-9H2,1-3H3,(H,16,17,18). The summed E-state index contributed by atoms with van der Waals surface area (Å²) in [6.45, 7) is 9.39. The number of rotatable bonds is 5. The Morgan fingerprint density at radius 2 is 2.32 bits per heavy atom. The number of nitrogens with zero attached hydrogens (tertiary/aromatic N) is 2. The molecule has 1 aliphatic rings. The molecule has 0 spiro atoms. The van der Waals surface area contributed by atoms with Crippen LogP contribution in [0.5, 0.6) is 5.88 Å². The molecule has 19 heavy (non-hydrogen) atoms. The first-order valence-corrected chi connectivity index (χ1v) is 7.01.